The molecule has 0 aliphatic carbocycles. The Kier molecular flexibility index (Phi) is 5.58. The van der Waals surface area contributed by atoms with E-state index in [1.807, 2.05) is 0 Å². The summed E-state index contributed by atoms with van der Waals surface area (Å²) in [7, 11) is 1.57. The Morgan fingerprint density at radius 2 is 2.12 bits per heavy atom. The lowest BCUT2D eigenvalue weighted by atomic mass is 10.2. The molecule has 0 fully saturated rings. The molecule has 1 aromatic carbocycles. The Hall–Kier alpha value is -1.34. The van der Waals surface area contributed by atoms with Crippen LogP contribution in [-0.2, 0) is 0 Å². The highest BCUT2D eigenvalue weighted by atomic mass is 32.1. The van der Waals surface area contributed by atoms with Crippen molar-refractivity contribution in [1.82, 2.24) is 0 Å². The number of rotatable bonds is 6. The zero-order chi connectivity index (χ0) is 11.8. The Bertz CT molecular complexity index is 374. The van der Waals surface area contributed by atoms with Gasteiger partial charge in [0.15, 0.2) is 11.5 Å². The summed E-state index contributed by atoms with van der Waals surface area (Å²) >= 11 is 4.13. The van der Waals surface area contributed by atoms with E-state index < -0.39 is 0 Å². The monoisotopic (exact) mass is 237 g/mol. The average molecular weight is 237 g/mol. The van der Waals surface area contributed by atoms with E-state index in [1.54, 1.807) is 25.3 Å². The second kappa shape index (κ2) is 7.02. The smallest absolute Gasteiger partial charge is 0.162 e. The fourth-order valence-corrected chi connectivity index (χ4v) is 1.48. The molecule has 0 saturated carbocycles. The maximum atomic E-state index is 8.74. The van der Waals surface area contributed by atoms with Crippen molar-refractivity contribution in [1.29, 1.82) is 5.26 Å². The van der Waals surface area contributed by atoms with Crippen molar-refractivity contribution in [3.8, 4) is 17.6 Å². The van der Waals surface area contributed by atoms with Crippen LogP contribution in [0.4, 0.5) is 0 Å². The highest BCUT2D eigenvalue weighted by Gasteiger charge is 2.05. The van der Waals surface area contributed by atoms with Crippen LogP contribution in [0.2, 0.25) is 0 Å². The molecule has 1 aromatic rings. The molecule has 0 saturated heterocycles. The molecule has 86 valence electrons. The van der Waals surface area contributed by atoms with Gasteiger partial charge in [0.1, 0.15) is 0 Å². The summed E-state index contributed by atoms with van der Waals surface area (Å²) in [5.41, 5.74) is 0.569. The normalized spacial score (nSPS) is 9.56. The number of hydrogen-bond acceptors (Lipinski definition) is 4. The standard InChI is InChI=1S/C12H15NO2S/c1-14-12-8-10(9-13)4-5-11(12)15-6-2-3-7-16/h4-5,8,16H,2-3,6-7H2,1H3. The number of thiol groups is 1. The van der Waals surface area contributed by atoms with Crippen molar-refractivity contribution in [2.75, 3.05) is 19.5 Å². The van der Waals surface area contributed by atoms with E-state index in [0.717, 1.165) is 18.6 Å². The van der Waals surface area contributed by atoms with Gasteiger partial charge in [0.05, 0.1) is 25.3 Å². The highest BCUT2D eigenvalue weighted by Crippen LogP contribution is 2.27. The molecule has 0 bridgehead atoms. The molecule has 4 heteroatoms. The van der Waals surface area contributed by atoms with Crippen molar-refractivity contribution in [2.24, 2.45) is 0 Å². The first-order valence-electron chi connectivity index (χ1n) is 5.13. The summed E-state index contributed by atoms with van der Waals surface area (Å²) in [6, 6.07) is 7.21. The van der Waals surface area contributed by atoms with E-state index in [2.05, 4.69) is 18.7 Å². The molecule has 1 rings (SSSR count). The Morgan fingerprint density at radius 3 is 2.75 bits per heavy atom. The third-order valence-electron chi connectivity index (χ3n) is 2.10. The van der Waals surface area contributed by atoms with E-state index >= 15 is 0 Å². The van der Waals surface area contributed by atoms with Crippen LogP contribution in [0.5, 0.6) is 11.5 Å². The van der Waals surface area contributed by atoms with Gasteiger partial charge in [-0.15, -0.1) is 0 Å². The van der Waals surface area contributed by atoms with E-state index in [9.17, 15) is 0 Å². The first kappa shape index (κ1) is 12.7. The Balaban J connectivity index is 2.62. The first-order chi connectivity index (χ1) is 7.81. The maximum absolute atomic E-state index is 8.74. The molecule has 0 atom stereocenters. The molecular formula is C12H15NO2S. The van der Waals surface area contributed by atoms with Gasteiger partial charge in [-0.1, -0.05) is 0 Å². The topological polar surface area (TPSA) is 42.2 Å². The Labute approximate surface area is 101 Å². The van der Waals surface area contributed by atoms with Gasteiger partial charge in [-0.2, -0.15) is 17.9 Å². The number of unbranched alkanes of at least 4 members (excludes halogenated alkanes) is 1. The van der Waals surface area contributed by atoms with E-state index in [4.69, 9.17) is 14.7 Å². The second-order valence-corrected chi connectivity index (χ2v) is 3.70. The largest absolute Gasteiger partial charge is 0.493 e. The molecule has 3 nitrogen and oxygen atoms in total. The summed E-state index contributed by atoms with van der Waals surface area (Å²) < 4.78 is 10.7. The molecule has 0 amide bonds. The number of nitrogens with zero attached hydrogens (tertiary/aromatic N) is 1. The third-order valence-corrected chi connectivity index (χ3v) is 2.42. The Morgan fingerprint density at radius 1 is 1.31 bits per heavy atom. The van der Waals surface area contributed by atoms with Crippen molar-refractivity contribution in [2.45, 2.75) is 12.8 Å². The molecular weight excluding hydrogens is 222 g/mol. The van der Waals surface area contributed by atoms with Crippen LogP contribution in [0.25, 0.3) is 0 Å². The quantitative estimate of drug-likeness (QED) is 0.611. The van der Waals surface area contributed by atoms with Crippen LogP contribution >= 0.6 is 12.6 Å². The molecule has 0 heterocycles. The molecule has 0 N–H and O–H groups in total. The van der Waals surface area contributed by atoms with E-state index in [1.165, 1.54) is 0 Å². The summed E-state index contributed by atoms with van der Waals surface area (Å²) in [6.45, 7) is 0.642. The molecule has 0 radical (unpaired) electrons. The van der Waals surface area contributed by atoms with Crippen LogP contribution in [0, 0.1) is 11.3 Å². The number of nitriles is 1. The van der Waals surface area contributed by atoms with Crippen molar-refractivity contribution in [3.63, 3.8) is 0 Å². The molecule has 0 aromatic heterocycles. The predicted molar refractivity (Wildman–Crippen MR) is 66.3 cm³/mol. The van der Waals surface area contributed by atoms with E-state index in [0.29, 0.717) is 23.7 Å². The number of benzene rings is 1. The van der Waals surface area contributed by atoms with Crippen molar-refractivity contribution >= 4 is 12.6 Å². The van der Waals surface area contributed by atoms with E-state index in [-0.39, 0.29) is 0 Å². The molecule has 0 unspecified atom stereocenters. The zero-order valence-electron chi connectivity index (χ0n) is 9.27. The van der Waals surface area contributed by atoms with Gasteiger partial charge in [0.2, 0.25) is 0 Å². The van der Waals surface area contributed by atoms with Gasteiger partial charge < -0.3 is 9.47 Å². The van der Waals surface area contributed by atoms with Gasteiger partial charge in [-0.25, -0.2) is 0 Å². The average Bonchev–Trinajstić information content (AvgIpc) is 2.34. The summed E-state index contributed by atoms with van der Waals surface area (Å²) in [6.07, 6.45) is 1.99. The zero-order valence-corrected chi connectivity index (χ0v) is 10.2. The van der Waals surface area contributed by atoms with Gasteiger partial charge in [0.25, 0.3) is 0 Å². The fourth-order valence-electron chi connectivity index (χ4n) is 1.25. The summed E-state index contributed by atoms with van der Waals surface area (Å²) in [5, 5.41) is 8.74. The lowest BCUT2D eigenvalue weighted by molar-refractivity contribution is 0.288. The van der Waals surface area contributed by atoms with Crippen LogP contribution in [0.1, 0.15) is 18.4 Å². The molecule has 0 aliphatic heterocycles. The van der Waals surface area contributed by atoms with Gasteiger partial charge in [0, 0.05) is 6.07 Å². The minimum atomic E-state index is 0.569. The van der Waals surface area contributed by atoms with Crippen LogP contribution in [-0.4, -0.2) is 19.5 Å². The summed E-state index contributed by atoms with van der Waals surface area (Å²) in [4.78, 5) is 0. The van der Waals surface area contributed by atoms with Crippen LogP contribution < -0.4 is 9.47 Å². The third kappa shape index (κ3) is 3.67. The van der Waals surface area contributed by atoms with Gasteiger partial charge in [-0.3, -0.25) is 0 Å². The fraction of sp³-hybridized carbons (Fsp3) is 0.417. The van der Waals surface area contributed by atoms with Gasteiger partial charge in [-0.05, 0) is 30.7 Å². The van der Waals surface area contributed by atoms with Gasteiger partial charge >= 0.3 is 0 Å². The minimum Gasteiger partial charge on any atom is -0.493 e. The highest BCUT2D eigenvalue weighted by molar-refractivity contribution is 7.80. The molecule has 16 heavy (non-hydrogen) atoms. The number of ether oxygens (including phenoxy) is 2. The van der Waals surface area contributed by atoms with Crippen molar-refractivity contribution < 1.29 is 9.47 Å². The molecule has 0 aliphatic rings. The lowest BCUT2D eigenvalue weighted by Gasteiger charge is -2.10. The summed E-state index contributed by atoms with van der Waals surface area (Å²) in [5.74, 6) is 2.15. The number of methoxy groups -OCH3 is 1. The number of hydrogen-bond donors (Lipinski definition) is 1. The predicted octanol–water partition coefficient (Wildman–Crippen LogP) is 2.66. The van der Waals surface area contributed by atoms with Crippen molar-refractivity contribution in [3.05, 3.63) is 23.8 Å². The lowest BCUT2D eigenvalue weighted by Crippen LogP contribution is -1.99. The molecule has 0 spiro atoms. The van der Waals surface area contributed by atoms with Crippen LogP contribution in [0.3, 0.4) is 0 Å². The second-order valence-electron chi connectivity index (χ2n) is 3.26. The maximum Gasteiger partial charge on any atom is 0.162 e. The van der Waals surface area contributed by atoms with Crippen LogP contribution in [0.15, 0.2) is 18.2 Å². The minimum absolute atomic E-state index is 0.569. The SMILES string of the molecule is COc1cc(C#N)ccc1OCCCCS. The first-order valence-corrected chi connectivity index (χ1v) is 5.77.